The van der Waals surface area contributed by atoms with Gasteiger partial charge in [-0.2, -0.15) is 9.61 Å². The van der Waals surface area contributed by atoms with Gasteiger partial charge in [-0.1, -0.05) is 0 Å². The molecule has 0 unspecified atom stereocenters. The van der Waals surface area contributed by atoms with Crippen LogP contribution < -0.4 is 15.4 Å². The van der Waals surface area contributed by atoms with Crippen LogP contribution in [-0.4, -0.2) is 60.3 Å². The summed E-state index contributed by atoms with van der Waals surface area (Å²) in [5.41, 5.74) is 7.50. The lowest BCUT2D eigenvalue weighted by atomic mass is 9.80. The number of rotatable bonds is 5. The molecular formula is C23H27FN8O2. The SMILES string of the molecule is COc1cc(F)cc2c1nc(N)n1nc([C@H]3CCCN(c4cnn(CC5(O)CCC5)c4)C3)nc21. The second-order valence-corrected chi connectivity index (χ2v) is 9.44. The first-order valence-electron chi connectivity index (χ1n) is 11.6. The zero-order chi connectivity index (χ0) is 23.4. The van der Waals surface area contributed by atoms with Crippen LogP contribution in [0, 0.1) is 5.82 Å². The monoisotopic (exact) mass is 466 g/mol. The van der Waals surface area contributed by atoms with Crippen LogP contribution in [-0.2, 0) is 6.54 Å². The van der Waals surface area contributed by atoms with E-state index in [1.165, 1.54) is 23.8 Å². The van der Waals surface area contributed by atoms with E-state index in [0.717, 1.165) is 50.9 Å². The van der Waals surface area contributed by atoms with Crippen molar-refractivity contribution in [2.75, 3.05) is 30.8 Å². The first kappa shape index (κ1) is 21.1. The van der Waals surface area contributed by atoms with E-state index in [1.54, 1.807) is 0 Å². The van der Waals surface area contributed by atoms with E-state index < -0.39 is 11.4 Å². The van der Waals surface area contributed by atoms with Gasteiger partial charge in [0.15, 0.2) is 11.5 Å². The number of ether oxygens (including phenoxy) is 1. The summed E-state index contributed by atoms with van der Waals surface area (Å²) in [4.78, 5) is 11.4. The van der Waals surface area contributed by atoms with Crippen LogP contribution in [0.3, 0.4) is 0 Å². The Morgan fingerprint density at radius 2 is 2.12 bits per heavy atom. The fraction of sp³-hybridized carbons (Fsp3) is 0.478. The standard InChI is InChI=1S/C23H27FN8O2/c1-34-18-9-15(24)8-17-19(18)27-22(25)32-21(17)28-20(29-32)14-4-2-7-30(11-14)16-10-26-31(12-16)13-23(33)5-3-6-23/h8-10,12,14,33H,2-7,11,13H2,1H3,(H2,25,27)/t14-/m0/s1. The average Bonchev–Trinajstić information content (AvgIpc) is 3.46. The van der Waals surface area contributed by atoms with E-state index in [1.807, 2.05) is 17.1 Å². The second-order valence-electron chi connectivity index (χ2n) is 9.44. The van der Waals surface area contributed by atoms with Crippen molar-refractivity contribution >= 4 is 28.2 Å². The zero-order valence-electron chi connectivity index (χ0n) is 19.0. The highest BCUT2D eigenvalue weighted by Crippen LogP contribution is 2.34. The lowest BCUT2D eigenvalue weighted by Crippen LogP contribution is -2.41. The fourth-order valence-corrected chi connectivity index (χ4v) is 5.08. The number of benzene rings is 1. The Balaban J connectivity index is 1.30. The van der Waals surface area contributed by atoms with Gasteiger partial charge in [0.2, 0.25) is 5.95 Å². The molecule has 178 valence electrons. The number of hydrogen-bond donors (Lipinski definition) is 2. The molecule has 1 saturated heterocycles. The largest absolute Gasteiger partial charge is 0.494 e. The summed E-state index contributed by atoms with van der Waals surface area (Å²) < 4.78 is 22.8. The zero-order valence-corrected chi connectivity index (χ0v) is 19.0. The molecule has 0 bridgehead atoms. The fourth-order valence-electron chi connectivity index (χ4n) is 5.08. The molecule has 4 aromatic rings. The van der Waals surface area contributed by atoms with Crippen LogP contribution >= 0.6 is 0 Å². The van der Waals surface area contributed by atoms with Gasteiger partial charge >= 0.3 is 0 Å². The minimum Gasteiger partial charge on any atom is -0.494 e. The molecule has 0 radical (unpaired) electrons. The Morgan fingerprint density at radius 1 is 1.26 bits per heavy atom. The van der Waals surface area contributed by atoms with E-state index in [9.17, 15) is 9.50 Å². The number of nitrogens with two attached hydrogens (primary N) is 1. The first-order valence-corrected chi connectivity index (χ1v) is 11.6. The van der Waals surface area contributed by atoms with Gasteiger partial charge in [0.05, 0.1) is 36.5 Å². The van der Waals surface area contributed by atoms with Gasteiger partial charge in [0, 0.05) is 31.3 Å². The quantitative estimate of drug-likeness (QED) is 0.460. The number of piperidine rings is 1. The van der Waals surface area contributed by atoms with Crippen molar-refractivity contribution in [2.45, 2.75) is 50.2 Å². The van der Waals surface area contributed by atoms with Crippen LogP contribution in [0.4, 0.5) is 16.0 Å². The normalized spacial score (nSPS) is 20.1. The third-order valence-corrected chi connectivity index (χ3v) is 7.08. The third-order valence-electron chi connectivity index (χ3n) is 7.08. The van der Waals surface area contributed by atoms with Gasteiger partial charge in [0.1, 0.15) is 17.1 Å². The van der Waals surface area contributed by atoms with E-state index in [4.69, 9.17) is 15.5 Å². The van der Waals surface area contributed by atoms with E-state index in [0.29, 0.717) is 34.7 Å². The molecule has 4 heterocycles. The highest BCUT2D eigenvalue weighted by atomic mass is 19.1. The van der Waals surface area contributed by atoms with Gasteiger partial charge in [-0.3, -0.25) is 4.68 Å². The Morgan fingerprint density at radius 3 is 2.88 bits per heavy atom. The lowest BCUT2D eigenvalue weighted by molar-refractivity contribution is -0.0498. The number of halogens is 1. The molecule has 1 aliphatic carbocycles. The first-order chi connectivity index (χ1) is 16.4. The molecule has 1 saturated carbocycles. The molecule has 34 heavy (non-hydrogen) atoms. The minimum atomic E-state index is -0.618. The molecule has 1 aromatic carbocycles. The predicted octanol–water partition coefficient (Wildman–Crippen LogP) is 2.50. The Hall–Kier alpha value is -3.47. The van der Waals surface area contributed by atoms with Gasteiger partial charge in [-0.25, -0.2) is 14.4 Å². The predicted molar refractivity (Wildman–Crippen MR) is 124 cm³/mol. The summed E-state index contributed by atoms with van der Waals surface area (Å²) in [5, 5.41) is 20.1. The summed E-state index contributed by atoms with van der Waals surface area (Å²) in [6.45, 7) is 2.17. The van der Waals surface area contributed by atoms with Crippen molar-refractivity contribution in [3.8, 4) is 5.75 Å². The molecule has 6 rings (SSSR count). The number of nitrogen functional groups attached to an aromatic ring is 1. The average molecular weight is 467 g/mol. The molecule has 2 aliphatic rings. The van der Waals surface area contributed by atoms with Crippen molar-refractivity contribution in [3.05, 3.63) is 36.2 Å². The van der Waals surface area contributed by atoms with E-state index >= 15 is 0 Å². The number of fused-ring (bicyclic) bond motifs is 3. The van der Waals surface area contributed by atoms with Crippen molar-refractivity contribution in [3.63, 3.8) is 0 Å². The number of nitrogens with zero attached hydrogens (tertiary/aromatic N) is 7. The highest BCUT2D eigenvalue weighted by Gasteiger charge is 2.35. The Labute approximate surface area is 195 Å². The Bertz CT molecular complexity index is 1380. The molecule has 2 fully saturated rings. The van der Waals surface area contributed by atoms with Crippen molar-refractivity contribution in [1.29, 1.82) is 0 Å². The summed E-state index contributed by atoms with van der Waals surface area (Å²) >= 11 is 0. The minimum absolute atomic E-state index is 0.0812. The number of hydrogen-bond acceptors (Lipinski definition) is 8. The molecule has 0 amide bonds. The summed E-state index contributed by atoms with van der Waals surface area (Å²) in [6, 6.07) is 2.67. The van der Waals surface area contributed by atoms with Crippen LogP contribution in [0.1, 0.15) is 43.8 Å². The molecule has 0 spiro atoms. The van der Waals surface area contributed by atoms with Crippen LogP contribution in [0.15, 0.2) is 24.5 Å². The molecule has 3 N–H and O–H groups in total. The second kappa shape index (κ2) is 7.79. The molecular weight excluding hydrogens is 439 g/mol. The smallest absolute Gasteiger partial charge is 0.223 e. The van der Waals surface area contributed by atoms with Crippen molar-refractivity contribution in [1.82, 2.24) is 29.4 Å². The van der Waals surface area contributed by atoms with Crippen LogP contribution in [0.5, 0.6) is 5.75 Å². The van der Waals surface area contributed by atoms with E-state index in [-0.39, 0.29) is 11.9 Å². The van der Waals surface area contributed by atoms with Gasteiger partial charge in [0.25, 0.3) is 0 Å². The Kier molecular flexibility index (Phi) is 4.83. The van der Waals surface area contributed by atoms with Crippen molar-refractivity contribution in [2.24, 2.45) is 0 Å². The van der Waals surface area contributed by atoms with E-state index in [2.05, 4.69) is 20.1 Å². The van der Waals surface area contributed by atoms with Gasteiger partial charge in [-0.15, -0.1) is 5.10 Å². The number of aromatic nitrogens is 6. The van der Waals surface area contributed by atoms with Crippen LogP contribution in [0.2, 0.25) is 0 Å². The summed E-state index contributed by atoms with van der Waals surface area (Å²) in [7, 11) is 1.47. The van der Waals surface area contributed by atoms with Gasteiger partial charge in [-0.05, 0) is 38.2 Å². The maximum Gasteiger partial charge on any atom is 0.223 e. The maximum atomic E-state index is 14.2. The number of methoxy groups -OCH3 is 1. The number of anilines is 2. The molecule has 11 heteroatoms. The summed E-state index contributed by atoms with van der Waals surface area (Å²) in [5.74, 6) is 0.785. The highest BCUT2D eigenvalue weighted by molar-refractivity contribution is 5.95. The van der Waals surface area contributed by atoms with Gasteiger partial charge < -0.3 is 20.5 Å². The molecule has 10 nitrogen and oxygen atoms in total. The molecule has 1 aliphatic heterocycles. The van der Waals surface area contributed by atoms with Crippen molar-refractivity contribution < 1.29 is 14.2 Å². The third kappa shape index (κ3) is 3.51. The van der Waals surface area contributed by atoms with Crippen LogP contribution in [0.25, 0.3) is 16.6 Å². The maximum absolute atomic E-state index is 14.2. The molecule has 1 atom stereocenters. The summed E-state index contributed by atoms with van der Waals surface area (Å²) in [6.07, 6.45) is 8.49. The number of aliphatic hydroxyl groups is 1. The topological polar surface area (TPSA) is 120 Å². The molecule has 3 aromatic heterocycles. The lowest BCUT2D eigenvalue weighted by Gasteiger charge is -2.36.